The van der Waals surface area contributed by atoms with Crippen molar-refractivity contribution >= 4 is 17.7 Å². The third-order valence-corrected chi connectivity index (χ3v) is 3.38. The highest BCUT2D eigenvalue weighted by atomic mass is 16.2. The summed E-state index contributed by atoms with van der Waals surface area (Å²) in [5.74, 6) is -0.898. The van der Waals surface area contributed by atoms with Gasteiger partial charge in [-0.1, -0.05) is 12.1 Å². The fourth-order valence-corrected chi connectivity index (χ4v) is 2.18. The lowest BCUT2D eigenvalue weighted by atomic mass is 10.1. The number of imide groups is 1. The number of carbonyl (C=O) groups is 3. The average Bonchev–Trinajstić information content (AvgIpc) is 2.53. The number of amides is 3. The summed E-state index contributed by atoms with van der Waals surface area (Å²) in [4.78, 5) is 38.5. The second-order valence-electron chi connectivity index (χ2n) is 4.48. The van der Waals surface area contributed by atoms with Gasteiger partial charge in [0.25, 0.3) is 11.8 Å². The number of rotatable bonds is 2. The second-order valence-corrected chi connectivity index (χ2v) is 4.48. The zero-order valence-electron chi connectivity index (χ0n) is 9.76. The third-order valence-electron chi connectivity index (χ3n) is 3.38. The van der Waals surface area contributed by atoms with Gasteiger partial charge in [-0.25, -0.2) is 0 Å². The SMILES string of the molecule is O=C(CN1C(=O)c2ccccc2C1=O)N1CCC1. The smallest absolute Gasteiger partial charge is 0.262 e. The van der Waals surface area contributed by atoms with Crippen LogP contribution in [0.25, 0.3) is 0 Å². The highest BCUT2D eigenvalue weighted by Gasteiger charge is 2.37. The van der Waals surface area contributed by atoms with E-state index >= 15 is 0 Å². The van der Waals surface area contributed by atoms with Crippen LogP contribution in [-0.2, 0) is 4.79 Å². The van der Waals surface area contributed by atoms with Crippen LogP contribution in [0.15, 0.2) is 24.3 Å². The van der Waals surface area contributed by atoms with Crippen molar-refractivity contribution in [3.05, 3.63) is 35.4 Å². The van der Waals surface area contributed by atoms with Crippen LogP contribution in [0, 0.1) is 0 Å². The van der Waals surface area contributed by atoms with Crippen molar-refractivity contribution in [3.63, 3.8) is 0 Å². The van der Waals surface area contributed by atoms with Crippen LogP contribution in [0.5, 0.6) is 0 Å². The standard InChI is InChI=1S/C13H12N2O3/c16-11(14-6-3-7-14)8-15-12(17)9-4-1-2-5-10(9)13(15)18/h1-2,4-5H,3,6-8H2. The Kier molecular flexibility index (Phi) is 2.40. The summed E-state index contributed by atoms with van der Waals surface area (Å²) < 4.78 is 0. The van der Waals surface area contributed by atoms with E-state index in [1.165, 1.54) is 0 Å². The number of hydrogen-bond acceptors (Lipinski definition) is 3. The molecule has 0 aromatic heterocycles. The maximum absolute atomic E-state index is 12.0. The van der Waals surface area contributed by atoms with E-state index in [0.29, 0.717) is 11.1 Å². The van der Waals surface area contributed by atoms with Crippen LogP contribution in [0.1, 0.15) is 27.1 Å². The van der Waals surface area contributed by atoms with Crippen molar-refractivity contribution in [2.45, 2.75) is 6.42 Å². The van der Waals surface area contributed by atoms with Gasteiger partial charge >= 0.3 is 0 Å². The zero-order chi connectivity index (χ0) is 12.7. The fourth-order valence-electron chi connectivity index (χ4n) is 2.18. The first-order chi connectivity index (χ1) is 8.68. The Bertz CT molecular complexity index is 514. The first-order valence-corrected chi connectivity index (χ1v) is 5.91. The van der Waals surface area contributed by atoms with Crippen LogP contribution in [-0.4, -0.2) is 47.2 Å². The summed E-state index contributed by atoms with van der Waals surface area (Å²) in [6.45, 7) is 1.30. The van der Waals surface area contributed by atoms with Gasteiger partial charge in [0, 0.05) is 13.1 Å². The maximum atomic E-state index is 12.0. The Labute approximate surface area is 104 Å². The highest BCUT2D eigenvalue weighted by Crippen LogP contribution is 2.22. The second kappa shape index (κ2) is 3.94. The number of carbonyl (C=O) groups excluding carboxylic acids is 3. The van der Waals surface area contributed by atoms with Gasteiger partial charge in [-0.15, -0.1) is 0 Å². The summed E-state index contributed by atoms with van der Waals surface area (Å²) in [5.41, 5.74) is 0.776. The normalized spacial score (nSPS) is 17.8. The van der Waals surface area contributed by atoms with Crippen LogP contribution >= 0.6 is 0 Å². The number of benzene rings is 1. The fraction of sp³-hybridized carbons (Fsp3) is 0.308. The largest absolute Gasteiger partial charge is 0.341 e. The van der Waals surface area contributed by atoms with Crippen molar-refractivity contribution < 1.29 is 14.4 Å². The topological polar surface area (TPSA) is 57.7 Å². The maximum Gasteiger partial charge on any atom is 0.262 e. The summed E-state index contributed by atoms with van der Waals surface area (Å²) in [6.07, 6.45) is 0.994. The highest BCUT2D eigenvalue weighted by molar-refractivity contribution is 6.22. The Morgan fingerprint density at radius 3 is 2.06 bits per heavy atom. The molecule has 3 rings (SSSR count). The molecule has 2 aliphatic rings. The number of fused-ring (bicyclic) bond motifs is 1. The van der Waals surface area contributed by atoms with Crippen LogP contribution < -0.4 is 0 Å². The quantitative estimate of drug-likeness (QED) is 0.712. The van der Waals surface area contributed by atoms with Crippen molar-refractivity contribution in [3.8, 4) is 0 Å². The minimum Gasteiger partial charge on any atom is -0.341 e. The van der Waals surface area contributed by atoms with Gasteiger partial charge < -0.3 is 4.90 Å². The molecule has 1 aromatic rings. The monoisotopic (exact) mass is 244 g/mol. The zero-order valence-corrected chi connectivity index (χ0v) is 9.76. The summed E-state index contributed by atoms with van der Waals surface area (Å²) >= 11 is 0. The molecule has 5 nitrogen and oxygen atoms in total. The number of nitrogens with zero attached hydrogens (tertiary/aromatic N) is 2. The van der Waals surface area contributed by atoms with Gasteiger partial charge in [0.1, 0.15) is 6.54 Å². The lowest BCUT2D eigenvalue weighted by Gasteiger charge is -2.31. The molecule has 0 atom stereocenters. The molecule has 0 bridgehead atoms. The third kappa shape index (κ3) is 1.51. The summed E-state index contributed by atoms with van der Waals surface area (Å²) in [6, 6.07) is 6.66. The van der Waals surface area contributed by atoms with Gasteiger partial charge in [-0.05, 0) is 18.6 Å². The van der Waals surface area contributed by atoms with Crippen LogP contribution in [0.3, 0.4) is 0 Å². The molecule has 0 N–H and O–H groups in total. The Balaban J connectivity index is 1.81. The Morgan fingerprint density at radius 1 is 1.06 bits per heavy atom. The van der Waals surface area contributed by atoms with Gasteiger partial charge in [0.2, 0.25) is 5.91 Å². The van der Waals surface area contributed by atoms with E-state index in [1.807, 2.05) is 0 Å². The van der Waals surface area contributed by atoms with E-state index in [9.17, 15) is 14.4 Å². The van der Waals surface area contributed by atoms with E-state index in [1.54, 1.807) is 29.2 Å². The summed E-state index contributed by atoms with van der Waals surface area (Å²) in [5, 5.41) is 0. The molecule has 2 aliphatic heterocycles. The Hall–Kier alpha value is -2.17. The Morgan fingerprint density at radius 2 is 1.61 bits per heavy atom. The first-order valence-electron chi connectivity index (χ1n) is 5.91. The van der Waals surface area contributed by atoms with E-state index in [0.717, 1.165) is 24.4 Å². The molecule has 0 aliphatic carbocycles. The number of hydrogen-bond donors (Lipinski definition) is 0. The molecule has 92 valence electrons. The van der Waals surface area contributed by atoms with Gasteiger partial charge in [-0.3, -0.25) is 19.3 Å². The van der Waals surface area contributed by atoms with Crippen molar-refractivity contribution in [2.75, 3.05) is 19.6 Å². The minimum absolute atomic E-state index is 0.146. The van der Waals surface area contributed by atoms with E-state index in [2.05, 4.69) is 0 Å². The van der Waals surface area contributed by atoms with Gasteiger partial charge in [-0.2, -0.15) is 0 Å². The molecule has 0 unspecified atom stereocenters. The van der Waals surface area contributed by atoms with Crippen molar-refractivity contribution in [2.24, 2.45) is 0 Å². The average molecular weight is 244 g/mol. The predicted molar refractivity (Wildman–Crippen MR) is 63.0 cm³/mol. The van der Waals surface area contributed by atoms with Crippen LogP contribution in [0.4, 0.5) is 0 Å². The predicted octanol–water partition coefficient (Wildman–Crippen LogP) is 0.515. The van der Waals surface area contributed by atoms with Crippen molar-refractivity contribution in [1.82, 2.24) is 9.80 Å². The first kappa shape index (κ1) is 11.0. The molecule has 1 fully saturated rings. The molecule has 2 heterocycles. The molecule has 18 heavy (non-hydrogen) atoms. The van der Waals surface area contributed by atoms with E-state index < -0.39 is 0 Å². The van der Waals surface area contributed by atoms with Crippen LogP contribution in [0.2, 0.25) is 0 Å². The molecular formula is C13H12N2O3. The number of likely N-dealkylation sites (tertiary alicyclic amines) is 1. The molecule has 1 aromatic carbocycles. The summed E-state index contributed by atoms with van der Waals surface area (Å²) in [7, 11) is 0. The molecule has 0 spiro atoms. The van der Waals surface area contributed by atoms with E-state index in [-0.39, 0.29) is 24.3 Å². The lowest BCUT2D eigenvalue weighted by molar-refractivity contribution is -0.134. The molecule has 3 amide bonds. The minimum atomic E-state index is -0.371. The van der Waals surface area contributed by atoms with Gasteiger partial charge in [0.15, 0.2) is 0 Å². The molecule has 0 radical (unpaired) electrons. The molecule has 5 heteroatoms. The van der Waals surface area contributed by atoms with Gasteiger partial charge in [0.05, 0.1) is 11.1 Å². The van der Waals surface area contributed by atoms with E-state index in [4.69, 9.17) is 0 Å². The molecular weight excluding hydrogens is 232 g/mol. The lowest BCUT2D eigenvalue weighted by Crippen LogP contribution is -2.48. The van der Waals surface area contributed by atoms with Crippen molar-refractivity contribution in [1.29, 1.82) is 0 Å². The molecule has 0 saturated carbocycles. The molecule has 1 saturated heterocycles.